The molecule has 0 aliphatic carbocycles. The van der Waals surface area contributed by atoms with Gasteiger partial charge in [-0.3, -0.25) is 0 Å². The summed E-state index contributed by atoms with van der Waals surface area (Å²) in [4.78, 5) is 0. The first kappa shape index (κ1) is 9.74. The molecule has 0 aliphatic heterocycles. The van der Waals surface area contributed by atoms with Gasteiger partial charge >= 0.3 is 0 Å². The van der Waals surface area contributed by atoms with Gasteiger partial charge in [0.15, 0.2) is 0 Å². The van der Waals surface area contributed by atoms with E-state index in [1.807, 2.05) is 0 Å². The van der Waals surface area contributed by atoms with Crippen LogP contribution >= 0.6 is 0 Å². The van der Waals surface area contributed by atoms with E-state index in [4.69, 9.17) is 0 Å². The fraction of sp³-hybridized carbons (Fsp3) is 0.800. The maximum Gasteiger partial charge on any atom is -0.0235 e. The Kier molecular flexibility index (Phi) is 5.38. The van der Waals surface area contributed by atoms with Crippen molar-refractivity contribution in [3.8, 4) is 0 Å². The second kappa shape index (κ2) is 5.52. The Labute approximate surface area is 65.3 Å². The lowest BCUT2D eigenvalue weighted by Gasteiger charge is -2.09. The van der Waals surface area contributed by atoms with Crippen molar-refractivity contribution in [1.82, 2.24) is 0 Å². The minimum absolute atomic E-state index is 0.796. The molecule has 0 N–H and O–H groups in total. The van der Waals surface area contributed by atoms with Gasteiger partial charge in [-0.05, 0) is 26.2 Å². The van der Waals surface area contributed by atoms with E-state index >= 15 is 0 Å². The molecule has 0 spiro atoms. The fourth-order valence-corrected chi connectivity index (χ4v) is 1.02. The van der Waals surface area contributed by atoms with E-state index in [1.165, 1.54) is 24.8 Å². The number of allylic oxidation sites excluding steroid dienone is 2. The molecule has 0 heteroatoms. The Hall–Kier alpha value is -0.260. The average molecular weight is 140 g/mol. The Bertz CT molecular complexity index is 101. The third-order valence-corrected chi connectivity index (χ3v) is 2.22. The molecule has 0 heterocycles. The standard InChI is InChI=1S/C10H20/c1-5-7-8-10(4)9(3)6-2/h6,10H,5,7-8H2,1-4H3/b9-6-. The summed E-state index contributed by atoms with van der Waals surface area (Å²) >= 11 is 0. The zero-order valence-corrected chi connectivity index (χ0v) is 7.78. The molecule has 0 aliphatic rings. The van der Waals surface area contributed by atoms with E-state index in [-0.39, 0.29) is 0 Å². The molecule has 0 amide bonds. The normalized spacial score (nSPS) is 15.4. The molecule has 0 bridgehead atoms. The predicted octanol–water partition coefficient (Wildman–Crippen LogP) is 3.78. The molecule has 60 valence electrons. The van der Waals surface area contributed by atoms with Gasteiger partial charge in [-0.1, -0.05) is 38.3 Å². The topological polar surface area (TPSA) is 0 Å². The summed E-state index contributed by atoms with van der Waals surface area (Å²) in [6, 6.07) is 0. The van der Waals surface area contributed by atoms with Crippen molar-refractivity contribution in [1.29, 1.82) is 0 Å². The maximum atomic E-state index is 2.31. The van der Waals surface area contributed by atoms with Crippen molar-refractivity contribution in [2.45, 2.75) is 47.0 Å². The van der Waals surface area contributed by atoms with Crippen LogP contribution < -0.4 is 0 Å². The SMILES string of the molecule is C/C=C(/C)C(C)CCCC. The summed E-state index contributed by atoms with van der Waals surface area (Å²) in [5.41, 5.74) is 1.54. The molecule has 1 unspecified atom stereocenters. The summed E-state index contributed by atoms with van der Waals surface area (Å²) < 4.78 is 0. The maximum absolute atomic E-state index is 2.31. The molecule has 0 nitrogen and oxygen atoms in total. The molecule has 0 rings (SSSR count). The highest BCUT2D eigenvalue weighted by Crippen LogP contribution is 2.16. The lowest BCUT2D eigenvalue weighted by atomic mass is 9.97. The van der Waals surface area contributed by atoms with Gasteiger partial charge in [0.2, 0.25) is 0 Å². The fourth-order valence-electron chi connectivity index (χ4n) is 1.02. The van der Waals surface area contributed by atoms with Crippen molar-refractivity contribution < 1.29 is 0 Å². The van der Waals surface area contributed by atoms with Crippen LogP contribution in [-0.2, 0) is 0 Å². The van der Waals surface area contributed by atoms with Crippen LogP contribution in [-0.4, -0.2) is 0 Å². The van der Waals surface area contributed by atoms with Gasteiger partial charge < -0.3 is 0 Å². The minimum Gasteiger partial charge on any atom is -0.0885 e. The van der Waals surface area contributed by atoms with E-state index < -0.39 is 0 Å². The van der Waals surface area contributed by atoms with Gasteiger partial charge in [0, 0.05) is 0 Å². The average Bonchev–Trinajstić information content (AvgIpc) is 1.98. The highest BCUT2D eigenvalue weighted by Gasteiger charge is 2.00. The first-order valence-electron chi connectivity index (χ1n) is 4.35. The first-order valence-corrected chi connectivity index (χ1v) is 4.35. The number of hydrogen-bond donors (Lipinski definition) is 0. The van der Waals surface area contributed by atoms with Gasteiger partial charge in [-0.15, -0.1) is 0 Å². The van der Waals surface area contributed by atoms with Crippen LogP contribution in [0.2, 0.25) is 0 Å². The predicted molar refractivity (Wildman–Crippen MR) is 48.1 cm³/mol. The van der Waals surface area contributed by atoms with Crippen molar-refractivity contribution in [3.63, 3.8) is 0 Å². The molecular weight excluding hydrogens is 120 g/mol. The van der Waals surface area contributed by atoms with E-state index in [2.05, 4.69) is 33.8 Å². The molecule has 0 aromatic rings. The van der Waals surface area contributed by atoms with Crippen molar-refractivity contribution >= 4 is 0 Å². The zero-order chi connectivity index (χ0) is 7.98. The van der Waals surface area contributed by atoms with Gasteiger partial charge in [0.05, 0.1) is 0 Å². The van der Waals surface area contributed by atoms with Crippen molar-refractivity contribution in [3.05, 3.63) is 11.6 Å². The second-order valence-corrected chi connectivity index (χ2v) is 3.08. The molecule has 0 aromatic heterocycles. The lowest BCUT2D eigenvalue weighted by molar-refractivity contribution is 0.571. The molecule has 0 saturated heterocycles. The Morgan fingerprint density at radius 2 is 2.10 bits per heavy atom. The van der Waals surface area contributed by atoms with Crippen LogP contribution in [0, 0.1) is 5.92 Å². The smallest absolute Gasteiger partial charge is 0.0235 e. The third kappa shape index (κ3) is 3.71. The van der Waals surface area contributed by atoms with Crippen LogP contribution in [0.25, 0.3) is 0 Å². The number of hydrogen-bond acceptors (Lipinski definition) is 0. The van der Waals surface area contributed by atoms with Gasteiger partial charge in [0.1, 0.15) is 0 Å². The number of rotatable bonds is 4. The highest BCUT2D eigenvalue weighted by atomic mass is 14.1. The molecule has 10 heavy (non-hydrogen) atoms. The van der Waals surface area contributed by atoms with Crippen LogP contribution in [0.15, 0.2) is 11.6 Å². The molecule has 0 fully saturated rings. The van der Waals surface area contributed by atoms with Crippen molar-refractivity contribution in [2.75, 3.05) is 0 Å². The first-order chi connectivity index (χ1) is 4.72. The quantitative estimate of drug-likeness (QED) is 0.521. The summed E-state index contributed by atoms with van der Waals surface area (Å²) in [7, 11) is 0. The minimum atomic E-state index is 0.796. The van der Waals surface area contributed by atoms with Crippen molar-refractivity contribution in [2.24, 2.45) is 5.92 Å². The van der Waals surface area contributed by atoms with Gasteiger partial charge in [-0.25, -0.2) is 0 Å². The van der Waals surface area contributed by atoms with E-state index in [1.54, 1.807) is 0 Å². The summed E-state index contributed by atoms with van der Waals surface area (Å²) in [5, 5.41) is 0. The summed E-state index contributed by atoms with van der Waals surface area (Å²) in [6.07, 6.45) is 6.26. The Morgan fingerprint density at radius 3 is 2.50 bits per heavy atom. The molecule has 1 atom stereocenters. The largest absolute Gasteiger partial charge is 0.0885 e. The zero-order valence-electron chi connectivity index (χ0n) is 7.78. The lowest BCUT2D eigenvalue weighted by Crippen LogP contribution is -1.95. The molecule has 0 saturated carbocycles. The number of unbranched alkanes of at least 4 members (excludes halogenated alkanes) is 1. The van der Waals surface area contributed by atoms with Gasteiger partial charge in [0.25, 0.3) is 0 Å². The van der Waals surface area contributed by atoms with Crippen LogP contribution in [0.5, 0.6) is 0 Å². The van der Waals surface area contributed by atoms with Gasteiger partial charge in [-0.2, -0.15) is 0 Å². The van der Waals surface area contributed by atoms with E-state index in [9.17, 15) is 0 Å². The van der Waals surface area contributed by atoms with Crippen LogP contribution in [0.1, 0.15) is 47.0 Å². The Balaban J connectivity index is 3.51. The highest BCUT2D eigenvalue weighted by molar-refractivity contribution is 4.99. The molecule has 0 aromatic carbocycles. The van der Waals surface area contributed by atoms with Crippen LogP contribution in [0.3, 0.4) is 0 Å². The monoisotopic (exact) mass is 140 g/mol. The van der Waals surface area contributed by atoms with E-state index in [0.717, 1.165) is 5.92 Å². The second-order valence-electron chi connectivity index (χ2n) is 3.08. The van der Waals surface area contributed by atoms with E-state index in [0.29, 0.717) is 0 Å². The summed E-state index contributed by atoms with van der Waals surface area (Å²) in [6.45, 7) is 8.90. The molecule has 0 radical (unpaired) electrons. The summed E-state index contributed by atoms with van der Waals surface area (Å²) in [5.74, 6) is 0.796. The Morgan fingerprint density at radius 1 is 1.50 bits per heavy atom. The van der Waals surface area contributed by atoms with Crippen LogP contribution in [0.4, 0.5) is 0 Å². The third-order valence-electron chi connectivity index (χ3n) is 2.22. The molecular formula is C10H20.